The molecule has 1 aromatic heterocycles. The third kappa shape index (κ3) is 3.08. The quantitative estimate of drug-likeness (QED) is 0.721. The van der Waals surface area contributed by atoms with Crippen molar-refractivity contribution in [3.05, 3.63) is 77.4 Å². The standard InChI is InChI=1S/C19H13FN2O2S/c20-14-5-1-3-12(9-14)11-22-8-7-15-13(4-2-6-17(15)22)10-16-18(23)25-19(24)21-16/h1-10H,11H2,(H,21,24). The first-order valence-corrected chi connectivity index (χ1v) is 8.49. The fourth-order valence-corrected chi connectivity index (χ4v) is 3.47. The monoisotopic (exact) mass is 352 g/mol. The molecule has 0 atom stereocenters. The minimum absolute atomic E-state index is 0.257. The molecule has 0 bridgehead atoms. The SMILES string of the molecule is O=C1NC(=Cc2cccc3c2ccn3Cc2cccc(F)c2)C(=O)S1. The first-order chi connectivity index (χ1) is 12.1. The van der Waals surface area contributed by atoms with Gasteiger partial charge in [0.15, 0.2) is 0 Å². The summed E-state index contributed by atoms with van der Waals surface area (Å²) < 4.78 is 15.4. The number of nitrogens with one attached hydrogen (secondary N) is 1. The van der Waals surface area contributed by atoms with Gasteiger partial charge in [0.1, 0.15) is 5.82 Å². The number of fused-ring (bicyclic) bond motifs is 1. The van der Waals surface area contributed by atoms with Crippen LogP contribution in [0.25, 0.3) is 17.0 Å². The fourth-order valence-electron chi connectivity index (χ4n) is 2.92. The van der Waals surface area contributed by atoms with Crippen LogP contribution in [0.4, 0.5) is 9.18 Å². The highest BCUT2D eigenvalue weighted by Gasteiger charge is 2.25. The van der Waals surface area contributed by atoms with Gasteiger partial charge in [-0.1, -0.05) is 24.3 Å². The number of hydrogen-bond acceptors (Lipinski definition) is 3. The smallest absolute Gasteiger partial charge is 0.291 e. The Balaban J connectivity index is 1.72. The van der Waals surface area contributed by atoms with Gasteiger partial charge >= 0.3 is 0 Å². The normalized spacial score (nSPS) is 16.0. The lowest BCUT2D eigenvalue weighted by molar-refractivity contribution is -0.107. The molecule has 4 nitrogen and oxygen atoms in total. The van der Waals surface area contributed by atoms with Crippen LogP contribution >= 0.6 is 11.8 Å². The summed E-state index contributed by atoms with van der Waals surface area (Å²) in [5.74, 6) is -0.257. The molecule has 124 valence electrons. The zero-order chi connectivity index (χ0) is 17.4. The number of carbonyl (C=O) groups excluding carboxylic acids is 2. The molecule has 0 radical (unpaired) electrons. The summed E-state index contributed by atoms with van der Waals surface area (Å²) in [6.45, 7) is 0.548. The van der Waals surface area contributed by atoms with E-state index >= 15 is 0 Å². The Labute approximate surface area is 147 Å². The molecular formula is C19H13FN2O2S. The molecule has 0 saturated carbocycles. The van der Waals surface area contributed by atoms with Crippen molar-refractivity contribution in [2.45, 2.75) is 6.54 Å². The molecule has 2 aromatic carbocycles. The van der Waals surface area contributed by atoms with Gasteiger partial charge in [0.25, 0.3) is 5.24 Å². The van der Waals surface area contributed by atoms with Gasteiger partial charge < -0.3 is 9.88 Å². The van der Waals surface area contributed by atoms with Crippen molar-refractivity contribution in [2.24, 2.45) is 0 Å². The van der Waals surface area contributed by atoms with Gasteiger partial charge in [0, 0.05) is 35.4 Å². The Hall–Kier alpha value is -2.86. The highest BCUT2D eigenvalue weighted by atomic mass is 32.2. The largest absolute Gasteiger partial charge is 0.343 e. The molecular weight excluding hydrogens is 339 g/mol. The Kier molecular flexibility index (Phi) is 3.89. The molecule has 0 spiro atoms. The van der Waals surface area contributed by atoms with E-state index in [0.717, 1.165) is 22.0 Å². The number of thioether (sulfide) groups is 1. The van der Waals surface area contributed by atoms with Gasteiger partial charge in [-0.3, -0.25) is 9.59 Å². The molecule has 0 aliphatic carbocycles. The van der Waals surface area contributed by atoms with E-state index < -0.39 is 0 Å². The molecule has 0 unspecified atom stereocenters. The lowest BCUT2D eigenvalue weighted by Crippen LogP contribution is -2.10. The summed E-state index contributed by atoms with van der Waals surface area (Å²) in [5, 5.41) is 2.89. The number of aromatic nitrogens is 1. The molecule has 2 heterocycles. The van der Waals surface area contributed by atoms with Crippen molar-refractivity contribution in [1.29, 1.82) is 0 Å². The van der Waals surface area contributed by atoms with Gasteiger partial charge in [-0.15, -0.1) is 0 Å². The van der Waals surface area contributed by atoms with Crippen molar-refractivity contribution in [3.63, 3.8) is 0 Å². The lowest BCUT2D eigenvalue weighted by Gasteiger charge is -2.07. The lowest BCUT2D eigenvalue weighted by atomic mass is 10.1. The summed E-state index contributed by atoms with van der Waals surface area (Å²) in [7, 11) is 0. The minimum Gasteiger partial charge on any atom is -0.343 e. The number of rotatable bonds is 3. The maximum Gasteiger partial charge on any atom is 0.291 e. The number of amides is 1. The van der Waals surface area contributed by atoms with Gasteiger partial charge in [-0.25, -0.2) is 4.39 Å². The van der Waals surface area contributed by atoms with Crippen LogP contribution in [0, 0.1) is 5.82 Å². The third-order valence-corrected chi connectivity index (χ3v) is 4.72. The van der Waals surface area contributed by atoms with Crippen LogP contribution in [0.2, 0.25) is 0 Å². The topological polar surface area (TPSA) is 51.1 Å². The predicted molar refractivity (Wildman–Crippen MR) is 96.5 cm³/mol. The average Bonchev–Trinajstić information content (AvgIpc) is 3.12. The molecule has 4 rings (SSSR count). The Morgan fingerprint density at radius 2 is 1.96 bits per heavy atom. The summed E-state index contributed by atoms with van der Waals surface area (Å²) in [4.78, 5) is 23.1. The molecule has 1 aliphatic heterocycles. The maximum absolute atomic E-state index is 13.4. The minimum atomic E-state index is -0.355. The van der Waals surface area contributed by atoms with Gasteiger partial charge in [0.2, 0.25) is 5.12 Å². The molecule has 1 fully saturated rings. The van der Waals surface area contributed by atoms with Crippen LogP contribution in [-0.2, 0) is 11.3 Å². The number of nitrogens with zero attached hydrogens (tertiary/aromatic N) is 1. The van der Waals surface area contributed by atoms with E-state index in [9.17, 15) is 14.0 Å². The number of halogens is 1. The fraction of sp³-hybridized carbons (Fsp3) is 0.0526. The second kappa shape index (κ2) is 6.22. The molecule has 1 saturated heterocycles. The molecule has 1 N–H and O–H groups in total. The van der Waals surface area contributed by atoms with Crippen LogP contribution in [0.15, 0.2) is 60.4 Å². The Morgan fingerprint density at radius 1 is 1.12 bits per heavy atom. The van der Waals surface area contributed by atoms with Crippen LogP contribution in [0.1, 0.15) is 11.1 Å². The molecule has 3 aromatic rings. The summed E-state index contributed by atoms with van der Waals surface area (Å²) in [6.07, 6.45) is 3.62. The zero-order valence-corrected chi connectivity index (χ0v) is 13.8. The third-order valence-electron chi connectivity index (χ3n) is 4.03. The van der Waals surface area contributed by atoms with E-state index in [4.69, 9.17) is 0 Å². The summed E-state index contributed by atoms with van der Waals surface area (Å²) in [5.41, 5.74) is 2.99. The van der Waals surface area contributed by atoms with Crippen LogP contribution in [-0.4, -0.2) is 14.9 Å². The Morgan fingerprint density at radius 3 is 2.72 bits per heavy atom. The number of hydrogen-bond donors (Lipinski definition) is 1. The van der Waals surface area contributed by atoms with Gasteiger partial charge in [0.05, 0.1) is 5.70 Å². The van der Waals surface area contributed by atoms with Crippen molar-refractivity contribution < 1.29 is 14.0 Å². The second-order valence-corrected chi connectivity index (χ2v) is 6.66. The van der Waals surface area contributed by atoms with E-state index in [1.165, 1.54) is 12.1 Å². The molecule has 25 heavy (non-hydrogen) atoms. The Bertz CT molecular complexity index is 1040. The number of carbonyl (C=O) groups is 2. The van der Waals surface area contributed by atoms with Gasteiger partial charge in [-0.2, -0.15) is 0 Å². The molecule has 1 amide bonds. The highest BCUT2D eigenvalue weighted by molar-refractivity contribution is 8.27. The van der Waals surface area contributed by atoms with Crippen molar-refractivity contribution in [1.82, 2.24) is 9.88 Å². The highest BCUT2D eigenvalue weighted by Crippen LogP contribution is 2.26. The zero-order valence-electron chi connectivity index (χ0n) is 13.0. The molecule has 6 heteroatoms. The summed E-state index contributed by atoms with van der Waals surface area (Å²) in [6, 6.07) is 14.2. The van der Waals surface area contributed by atoms with E-state index in [-0.39, 0.29) is 16.2 Å². The predicted octanol–water partition coefficient (Wildman–Crippen LogP) is 4.15. The maximum atomic E-state index is 13.4. The van der Waals surface area contributed by atoms with Crippen molar-refractivity contribution >= 4 is 39.1 Å². The van der Waals surface area contributed by atoms with Crippen LogP contribution in [0.5, 0.6) is 0 Å². The van der Waals surface area contributed by atoms with E-state index in [1.807, 2.05) is 41.1 Å². The molecule has 1 aliphatic rings. The van der Waals surface area contributed by atoms with E-state index in [2.05, 4.69) is 5.32 Å². The average molecular weight is 352 g/mol. The van der Waals surface area contributed by atoms with Crippen LogP contribution in [0.3, 0.4) is 0 Å². The first kappa shape index (κ1) is 15.7. The first-order valence-electron chi connectivity index (χ1n) is 7.67. The number of benzene rings is 2. The van der Waals surface area contributed by atoms with Gasteiger partial charge in [-0.05, 0) is 41.5 Å². The van der Waals surface area contributed by atoms with Crippen molar-refractivity contribution in [2.75, 3.05) is 0 Å². The second-order valence-electron chi connectivity index (χ2n) is 5.71. The summed E-state index contributed by atoms with van der Waals surface area (Å²) >= 11 is 0.664. The van der Waals surface area contributed by atoms with E-state index in [0.29, 0.717) is 24.0 Å². The van der Waals surface area contributed by atoms with Crippen molar-refractivity contribution in [3.8, 4) is 0 Å². The van der Waals surface area contributed by atoms with Crippen LogP contribution < -0.4 is 5.32 Å². The van der Waals surface area contributed by atoms with E-state index in [1.54, 1.807) is 12.1 Å².